The maximum atomic E-state index is 13.4. The fraction of sp³-hybridized carbons (Fsp3) is 0.0400. The molecule has 186 valence electrons. The zero-order chi connectivity index (χ0) is 26.2. The average Bonchev–Trinajstić information content (AvgIpc) is 3.50. The number of nitrogens with two attached hydrogens (primary N) is 1. The molecule has 0 spiro atoms. The van der Waals surface area contributed by atoms with Gasteiger partial charge in [0.2, 0.25) is 0 Å². The van der Waals surface area contributed by atoms with Gasteiger partial charge in [0, 0.05) is 22.2 Å². The Hall–Kier alpha value is -4.64. The number of hydrogen-bond donors (Lipinski definition) is 2. The molecule has 12 heteroatoms. The van der Waals surface area contributed by atoms with E-state index in [0.717, 1.165) is 11.6 Å². The predicted octanol–water partition coefficient (Wildman–Crippen LogP) is 5.70. The van der Waals surface area contributed by atoms with Crippen molar-refractivity contribution in [2.75, 3.05) is 5.73 Å². The number of aromatic nitrogens is 3. The third-order valence-corrected chi connectivity index (χ3v) is 5.70. The summed E-state index contributed by atoms with van der Waals surface area (Å²) in [4.78, 5) is 16.5. The number of nitrogens with one attached hydrogen (secondary N) is 1. The number of carbonyl (C=O) groups is 1. The van der Waals surface area contributed by atoms with Gasteiger partial charge in [0.1, 0.15) is 22.9 Å². The lowest BCUT2D eigenvalue weighted by atomic mass is 10.1. The number of amides is 1. The number of anilines is 1. The first kappa shape index (κ1) is 24.1. The van der Waals surface area contributed by atoms with Gasteiger partial charge in [-0.05, 0) is 48.5 Å². The van der Waals surface area contributed by atoms with Crippen LogP contribution in [0.4, 0.5) is 19.0 Å². The van der Waals surface area contributed by atoms with Crippen LogP contribution in [0, 0.1) is 0 Å². The van der Waals surface area contributed by atoms with Crippen LogP contribution in [0.1, 0.15) is 21.7 Å². The van der Waals surface area contributed by atoms with Crippen LogP contribution in [-0.2, 0) is 6.18 Å². The molecule has 0 saturated heterocycles. The molecule has 37 heavy (non-hydrogen) atoms. The van der Waals surface area contributed by atoms with Gasteiger partial charge in [-0.2, -0.15) is 23.4 Å². The highest BCUT2D eigenvalue weighted by atomic mass is 35.5. The molecule has 0 fully saturated rings. The molecule has 0 unspecified atom stereocenters. The molecule has 5 aromatic rings. The van der Waals surface area contributed by atoms with Gasteiger partial charge in [0.25, 0.3) is 5.91 Å². The van der Waals surface area contributed by atoms with E-state index >= 15 is 0 Å². The lowest BCUT2D eigenvalue weighted by Gasteiger charge is -2.12. The summed E-state index contributed by atoms with van der Waals surface area (Å²) < 4.78 is 47.1. The summed E-state index contributed by atoms with van der Waals surface area (Å²) in [5, 5.41) is 8.76. The second-order valence-electron chi connectivity index (χ2n) is 7.79. The van der Waals surface area contributed by atoms with Crippen molar-refractivity contribution < 1.29 is 22.4 Å². The molecule has 5 rings (SSSR count). The van der Waals surface area contributed by atoms with Crippen LogP contribution in [0.5, 0.6) is 0 Å². The van der Waals surface area contributed by atoms with Gasteiger partial charge in [-0.15, -0.1) is 0 Å². The average molecular weight is 525 g/mol. The van der Waals surface area contributed by atoms with Crippen molar-refractivity contribution in [2.24, 2.45) is 5.10 Å². The van der Waals surface area contributed by atoms with Crippen molar-refractivity contribution in [3.63, 3.8) is 0 Å². The van der Waals surface area contributed by atoms with Crippen LogP contribution in [0.25, 0.3) is 27.9 Å². The second kappa shape index (κ2) is 9.43. The number of pyridine rings is 1. The maximum absolute atomic E-state index is 13.4. The molecule has 8 nitrogen and oxygen atoms in total. The first-order chi connectivity index (χ1) is 17.7. The van der Waals surface area contributed by atoms with Crippen LogP contribution in [0.15, 0.2) is 82.6 Å². The van der Waals surface area contributed by atoms with Crippen LogP contribution >= 0.6 is 11.6 Å². The first-order valence-electron chi connectivity index (χ1n) is 10.7. The molecule has 0 radical (unpaired) electrons. The van der Waals surface area contributed by atoms with E-state index in [2.05, 4.69) is 20.6 Å². The summed E-state index contributed by atoms with van der Waals surface area (Å²) in [7, 11) is 0. The molecule has 1 amide bonds. The SMILES string of the molecule is Nc1c(C(=O)N/N=C/c2ccc(-c3ccc(Cl)cc3)o2)cnn1-c1ccnc2c(C(F)(F)F)cccc12. The summed E-state index contributed by atoms with van der Waals surface area (Å²) in [6.45, 7) is 0. The minimum Gasteiger partial charge on any atom is -0.455 e. The lowest BCUT2D eigenvalue weighted by Crippen LogP contribution is -2.19. The molecular formula is C25H16ClF3N6O2. The summed E-state index contributed by atoms with van der Waals surface area (Å²) in [5.41, 5.74) is 8.36. The Balaban J connectivity index is 1.35. The molecule has 3 aromatic heterocycles. The highest BCUT2D eigenvalue weighted by Gasteiger charge is 2.33. The van der Waals surface area contributed by atoms with E-state index in [1.165, 1.54) is 41.5 Å². The molecule has 0 saturated carbocycles. The zero-order valence-corrected chi connectivity index (χ0v) is 19.5. The molecule has 3 N–H and O–H groups in total. The van der Waals surface area contributed by atoms with Crippen molar-refractivity contribution in [1.82, 2.24) is 20.2 Å². The van der Waals surface area contributed by atoms with Crippen molar-refractivity contribution in [1.29, 1.82) is 0 Å². The van der Waals surface area contributed by atoms with Crippen molar-refractivity contribution in [2.45, 2.75) is 6.18 Å². The normalized spacial score (nSPS) is 11.9. The van der Waals surface area contributed by atoms with Crippen LogP contribution in [0.2, 0.25) is 5.02 Å². The minimum atomic E-state index is -4.59. The summed E-state index contributed by atoms with van der Waals surface area (Å²) in [6.07, 6.45) is -0.855. The Morgan fingerprint density at radius 2 is 1.89 bits per heavy atom. The second-order valence-corrected chi connectivity index (χ2v) is 8.23. The predicted molar refractivity (Wildman–Crippen MR) is 132 cm³/mol. The summed E-state index contributed by atoms with van der Waals surface area (Å²) >= 11 is 5.90. The molecule has 0 aliphatic rings. The number of carbonyl (C=O) groups excluding carboxylic acids is 1. The van der Waals surface area contributed by atoms with E-state index in [0.29, 0.717) is 16.5 Å². The number of fused-ring (bicyclic) bond motifs is 1. The van der Waals surface area contributed by atoms with Crippen LogP contribution < -0.4 is 11.2 Å². The van der Waals surface area contributed by atoms with E-state index in [9.17, 15) is 18.0 Å². The van der Waals surface area contributed by atoms with Crippen molar-refractivity contribution in [3.8, 4) is 17.0 Å². The van der Waals surface area contributed by atoms with Gasteiger partial charge in [-0.25, -0.2) is 10.1 Å². The molecular weight excluding hydrogens is 509 g/mol. The number of hydrogen-bond acceptors (Lipinski definition) is 6. The highest BCUT2D eigenvalue weighted by molar-refractivity contribution is 6.30. The molecule has 2 aromatic carbocycles. The Bertz CT molecular complexity index is 1640. The van der Waals surface area contributed by atoms with E-state index < -0.39 is 17.6 Å². The fourth-order valence-corrected chi connectivity index (χ4v) is 3.83. The number of furan rings is 1. The number of rotatable bonds is 5. The minimum absolute atomic E-state index is 0.0182. The van der Waals surface area contributed by atoms with Gasteiger partial charge in [0.05, 0.1) is 29.2 Å². The fourth-order valence-electron chi connectivity index (χ4n) is 3.71. The number of nitrogen functional groups attached to an aromatic ring is 1. The first-order valence-corrected chi connectivity index (χ1v) is 11.1. The topological polar surface area (TPSA) is 111 Å². The quantitative estimate of drug-likeness (QED) is 0.226. The monoisotopic (exact) mass is 524 g/mol. The molecule has 0 aliphatic heterocycles. The summed E-state index contributed by atoms with van der Waals surface area (Å²) in [6, 6.07) is 15.7. The van der Waals surface area contributed by atoms with Gasteiger partial charge in [-0.3, -0.25) is 9.78 Å². The van der Waals surface area contributed by atoms with E-state index in [1.807, 2.05) is 0 Å². The highest BCUT2D eigenvalue weighted by Crippen LogP contribution is 2.35. The van der Waals surface area contributed by atoms with Crippen molar-refractivity contribution in [3.05, 3.63) is 95.0 Å². The molecule has 0 atom stereocenters. The third-order valence-electron chi connectivity index (χ3n) is 5.45. The molecule has 0 bridgehead atoms. The maximum Gasteiger partial charge on any atom is 0.418 e. The summed E-state index contributed by atoms with van der Waals surface area (Å²) in [5.74, 6) is 0.227. The number of alkyl halides is 3. The van der Waals surface area contributed by atoms with Crippen LogP contribution in [-0.4, -0.2) is 26.9 Å². The van der Waals surface area contributed by atoms with Gasteiger partial charge >= 0.3 is 6.18 Å². The molecule has 0 aliphatic carbocycles. The lowest BCUT2D eigenvalue weighted by molar-refractivity contribution is -0.136. The Morgan fingerprint density at radius 1 is 1.11 bits per heavy atom. The smallest absolute Gasteiger partial charge is 0.418 e. The van der Waals surface area contributed by atoms with Gasteiger partial charge in [-0.1, -0.05) is 23.7 Å². The van der Waals surface area contributed by atoms with E-state index in [1.54, 1.807) is 36.4 Å². The number of hydrazone groups is 1. The van der Waals surface area contributed by atoms with Gasteiger partial charge in [0.15, 0.2) is 0 Å². The van der Waals surface area contributed by atoms with Crippen LogP contribution in [0.3, 0.4) is 0 Å². The molecule has 3 heterocycles. The third kappa shape index (κ3) is 4.76. The van der Waals surface area contributed by atoms with E-state index in [-0.39, 0.29) is 28.0 Å². The number of benzene rings is 2. The zero-order valence-electron chi connectivity index (χ0n) is 18.7. The standard InChI is InChI=1S/C25H16ClF3N6O2/c26-15-6-4-14(5-7-15)21-9-8-16(37-21)12-32-34-24(36)18-13-33-35(23(18)30)20-10-11-31-22-17(20)2-1-3-19(22)25(27,28)29/h1-13H,30H2,(H,34,36)/b32-12+. The Kier molecular flexibility index (Phi) is 6.14. The number of nitrogens with zero attached hydrogens (tertiary/aromatic N) is 4. The Morgan fingerprint density at radius 3 is 2.65 bits per heavy atom. The van der Waals surface area contributed by atoms with Crippen molar-refractivity contribution >= 4 is 40.4 Å². The van der Waals surface area contributed by atoms with E-state index in [4.69, 9.17) is 21.8 Å². The number of halogens is 4. The largest absolute Gasteiger partial charge is 0.455 e. The Labute approximate surface area is 212 Å². The number of para-hydroxylation sites is 1. The van der Waals surface area contributed by atoms with Gasteiger partial charge < -0.3 is 10.2 Å².